The normalized spacial score (nSPS) is 20.1. The largest absolute Gasteiger partial charge is 0.321 e. The highest BCUT2D eigenvalue weighted by atomic mass is 32.2. The molecule has 2 rings (SSSR count). The fourth-order valence-electron chi connectivity index (χ4n) is 2.35. The van der Waals surface area contributed by atoms with E-state index in [1.54, 1.807) is 0 Å². The van der Waals surface area contributed by atoms with E-state index >= 15 is 0 Å². The van der Waals surface area contributed by atoms with Crippen LogP contribution in [0.3, 0.4) is 0 Å². The van der Waals surface area contributed by atoms with E-state index in [4.69, 9.17) is 6.42 Å². The summed E-state index contributed by atoms with van der Waals surface area (Å²) < 4.78 is 23.1. The van der Waals surface area contributed by atoms with Crippen molar-refractivity contribution in [2.75, 3.05) is 18.1 Å². The molecular weight excluding hydrogens is 292 g/mol. The molecule has 21 heavy (non-hydrogen) atoms. The number of amides is 1. The van der Waals surface area contributed by atoms with Crippen LogP contribution in [0.4, 0.5) is 0 Å². The second-order valence-electron chi connectivity index (χ2n) is 5.05. The highest BCUT2D eigenvalue weighted by molar-refractivity contribution is 7.91. The number of terminal acetylenes is 1. The lowest BCUT2D eigenvalue weighted by Crippen LogP contribution is -2.41. The zero-order valence-electron chi connectivity index (χ0n) is 11.9. The van der Waals surface area contributed by atoms with Gasteiger partial charge in [-0.2, -0.15) is 0 Å². The molecule has 0 saturated carbocycles. The summed E-state index contributed by atoms with van der Waals surface area (Å²) >= 11 is 0. The summed E-state index contributed by atoms with van der Waals surface area (Å²) in [4.78, 5) is 18.0. The molecule has 7 nitrogen and oxygen atoms in total. The Bertz CT molecular complexity index is 659. The number of sulfone groups is 1. The predicted molar refractivity (Wildman–Crippen MR) is 77.3 cm³/mol. The molecule has 1 aromatic rings. The van der Waals surface area contributed by atoms with Gasteiger partial charge in [-0.05, 0) is 12.8 Å². The zero-order chi connectivity index (χ0) is 15.5. The van der Waals surface area contributed by atoms with Gasteiger partial charge in [-0.25, -0.2) is 13.4 Å². The lowest BCUT2D eigenvalue weighted by atomic mass is 10.2. The van der Waals surface area contributed by atoms with Gasteiger partial charge in [0.25, 0.3) is 5.91 Å². The molecule has 1 N–H and O–H groups in total. The van der Waals surface area contributed by atoms with Gasteiger partial charge < -0.3 is 4.90 Å². The number of aromatic nitrogens is 3. The summed E-state index contributed by atoms with van der Waals surface area (Å²) in [7, 11) is -3.09. The van der Waals surface area contributed by atoms with Crippen LogP contribution in [-0.4, -0.2) is 58.5 Å². The van der Waals surface area contributed by atoms with Crippen LogP contribution in [0.1, 0.15) is 36.2 Å². The monoisotopic (exact) mass is 310 g/mol. The lowest BCUT2D eigenvalue weighted by molar-refractivity contribution is 0.0712. The Balaban J connectivity index is 2.17. The molecule has 114 valence electrons. The molecule has 1 fully saturated rings. The number of nitrogens with one attached hydrogen (secondary N) is 1. The maximum Gasteiger partial charge on any atom is 0.294 e. The second kappa shape index (κ2) is 6.26. The van der Waals surface area contributed by atoms with E-state index in [0.29, 0.717) is 18.7 Å². The van der Waals surface area contributed by atoms with E-state index in [1.807, 2.05) is 6.92 Å². The molecule has 1 amide bonds. The SMILES string of the molecule is C#CCN(C(=O)c1n[nH]c(CCC)n1)C1CCS(=O)(=O)C1. The molecule has 1 unspecified atom stereocenters. The van der Waals surface area contributed by atoms with Crippen molar-refractivity contribution in [3.05, 3.63) is 11.6 Å². The van der Waals surface area contributed by atoms with E-state index in [9.17, 15) is 13.2 Å². The Kier molecular flexibility index (Phi) is 4.63. The number of hydrogen-bond donors (Lipinski definition) is 1. The van der Waals surface area contributed by atoms with Gasteiger partial charge in [0.1, 0.15) is 5.82 Å². The van der Waals surface area contributed by atoms with Crippen LogP contribution in [0.5, 0.6) is 0 Å². The Hall–Kier alpha value is -1.88. The number of H-pyrrole nitrogens is 1. The smallest absolute Gasteiger partial charge is 0.294 e. The molecule has 0 bridgehead atoms. The first-order valence-electron chi connectivity index (χ1n) is 6.83. The summed E-state index contributed by atoms with van der Waals surface area (Å²) in [5, 5.41) is 6.61. The van der Waals surface area contributed by atoms with Crippen molar-refractivity contribution < 1.29 is 13.2 Å². The first-order chi connectivity index (χ1) is 9.96. The molecule has 1 aliphatic rings. The number of aromatic amines is 1. The van der Waals surface area contributed by atoms with Crippen LogP contribution in [-0.2, 0) is 16.3 Å². The maximum absolute atomic E-state index is 12.4. The van der Waals surface area contributed by atoms with Crippen molar-refractivity contribution in [1.29, 1.82) is 0 Å². The van der Waals surface area contributed by atoms with Crippen molar-refractivity contribution in [1.82, 2.24) is 20.1 Å². The van der Waals surface area contributed by atoms with Crippen molar-refractivity contribution in [2.45, 2.75) is 32.2 Å². The number of aryl methyl sites for hydroxylation is 1. The Morgan fingerprint density at radius 2 is 2.33 bits per heavy atom. The summed E-state index contributed by atoms with van der Waals surface area (Å²) in [6.07, 6.45) is 7.28. The van der Waals surface area contributed by atoms with Crippen molar-refractivity contribution in [3.63, 3.8) is 0 Å². The molecule has 0 spiro atoms. The molecule has 1 aromatic heterocycles. The van der Waals surface area contributed by atoms with Crippen molar-refractivity contribution in [2.24, 2.45) is 0 Å². The van der Waals surface area contributed by atoms with Crippen LogP contribution in [0.15, 0.2) is 0 Å². The van der Waals surface area contributed by atoms with E-state index in [-0.39, 0.29) is 23.9 Å². The lowest BCUT2D eigenvalue weighted by Gasteiger charge is -2.24. The quantitative estimate of drug-likeness (QED) is 0.773. The first-order valence-corrected chi connectivity index (χ1v) is 8.65. The molecule has 1 atom stereocenters. The number of nitrogens with zero attached hydrogens (tertiary/aromatic N) is 3. The maximum atomic E-state index is 12.4. The number of carbonyl (C=O) groups excluding carboxylic acids is 1. The molecule has 1 saturated heterocycles. The summed E-state index contributed by atoms with van der Waals surface area (Å²) in [6, 6.07) is -0.397. The van der Waals surface area contributed by atoms with Gasteiger partial charge in [-0.1, -0.05) is 12.8 Å². The van der Waals surface area contributed by atoms with Gasteiger partial charge in [-0.15, -0.1) is 11.5 Å². The molecule has 8 heteroatoms. The first kappa shape index (κ1) is 15.5. The van der Waals surface area contributed by atoms with Crippen molar-refractivity contribution >= 4 is 15.7 Å². The minimum absolute atomic E-state index is 0.0398. The van der Waals surface area contributed by atoms with Crippen LogP contribution >= 0.6 is 0 Å². The second-order valence-corrected chi connectivity index (χ2v) is 7.28. The highest BCUT2D eigenvalue weighted by Gasteiger charge is 2.35. The predicted octanol–water partition coefficient (Wildman–Crippen LogP) is 0.0197. The third-order valence-electron chi connectivity index (χ3n) is 3.38. The Labute approximate surface area is 124 Å². The summed E-state index contributed by atoms with van der Waals surface area (Å²) in [5.74, 6) is 2.69. The fourth-order valence-corrected chi connectivity index (χ4v) is 4.08. The van der Waals surface area contributed by atoms with Gasteiger partial charge in [0.2, 0.25) is 5.82 Å². The van der Waals surface area contributed by atoms with Gasteiger partial charge >= 0.3 is 0 Å². The van der Waals surface area contributed by atoms with Crippen LogP contribution in [0, 0.1) is 12.3 Å². The average molecular weight is 310 g/mol. The highest BCUT2D eigenvalue weighted by Crippen LogP contribution is 2.19. The molecule has 2 heterocycles. The molecule has 0 radical (unpaired) electrons. The van der Waals surface area contributed by atoms with Gasteiger partial charge in [0.05, 0.1) is 18.1 Å². The minimum Gasteiger partial charge on any atom is -0.321 e. The molecule has 0 aliphatic carbocycles. The Morgan fingerprint density at radius 1 is 1.57 bits per heavy atom. The van der Waals surface area contributed by atoms with Gasteiger partial charge in [-0.3, -0.25) is 9.89 Å². The topological polar surface area (TPSA) is 96.0 Å². The number of hydrogen-bond acceptors (Lipinski definition) is 5. The van der Waals surface area contributed by atoms with Gasteiger partial charge in [0, 0.05) is 12.5 Å². The summed E-state index contributed by atoms with van der Waals surface area (Å²) in [5.41, 5.74) is 0. The van der Waals surface area contributed by atoms with Crippen LogP contribution < -0.4 is 0 Å². The fraction of sp³-hybridized carbons (Fsp3) is 0.615. The summed E-state index contributed by atoms with van der Waals surface area (Å²) in [6.45, 7) is 2.05. The van der Waals surface area contributed by atoms with Crippen molar-refractivity contribution in [3.8, 4) is 12.3 Å². The van der Waals surface area contributed by atoms with E-state index in [2.05, 4.69) is 21.1 Å². The van der Waals surface area contributed by atoms with E-state index < -0.39 is 21.8 Å². The molecule has 0 aromatic carbocycles. The number of carbonyl (C=O) groups is 1. The van der Waals surface area contributed by atoms with Crippen LogP contribution in [0.25, 0.3) is 0 Å². The zero-order valence-corrected chi connectivity index (χ0v) is 12.7. The molecule has 1 aliphatic heterocycles. The third kappa shape index (κ3) is 3.61. The Morgan fingerprint density at radius 3 is 2.90 bits per heavy atom. The minimum atomic E-state index is -3.09. The van der Waals surface area contributed by atoms with E-state index in [1.165, 1.54) is 4.90 Å². The van der Waals surface area contributed by atoms with Crippen LogP contribution in [0.2, 0.25) is 0 Å². The standard InChI is InChI=1S/C13H18N4O3S/c1-3-5-11-14-12(16-15-11)13(18)17(7-4-2)10-6-8-21(19,20)9-10/h2,10H,3,5-9H2,1H3,(H,14,15,16). The number of rotatable bonds is 5. The average Bonchev–Trinajstić information content (AvgIpc) is 3.02. The van der Waals surface area contributed by atoms with E-state index in [0.717, 1.165) is 6.42 Å². The van der Waals surface area contributed by atoms with Gasteiger partial charge in [0.15, 0.2) is 9.84 Å². The third-order valence-corrected chi connectivity index (χ3v) is 5.13. The molecular formula is C13H18N4O3S.